The molecule has 1 spiro atoms. The van der Waals surface area contributed by atoms with Crippen molar-refractivity contribution in [3.05, 3.63) is 65.5 Å². The predicted octanol–water partition coefficient (Wildman–Crippen LogP) is 2.60. The molecule has 0 radical (unpaired) electrons. The third kappa shape index (κ3) is 5.23. The standard InChI is InChI=1S/C28H32FN3O6/c1-36-22-5-2-4-20(16-22)27(35)32-24(25(33)30-17-23-6-3-15-37-23)18-38-28(32)11-13-31(14-12-28)26(34)19-7-9-21(29)10-8-19/h2,4-5,7-10,16,23-24H,3,6,11-15,17-18H2,1H3,(H,30,33)/t23-,24-/m1/s1. The zero-order chi connectivity index (χ0) is 26.7. The lowest BCUT2D eigenvalue weighted by molar-refractivity contribution is -0.128. The maximum atomic E-state index is 13.9. The van der Waals surface area contributed by atoms with Crippen LogP contribution < -0.4 is 10.1 Å². The summed E-state index contributed by atoms with van der Waals surface area (Å²) in [5.74, 6) is -0.720. The Balaban J connectivity index is 1.35. The molecule has 3 aliphatic heterocycles. The molecule has 5 rings (SSSR count). The van der Waals surface area contributed by atoms with Crippen LogP contribution in [0.15, 0.2) is 48.5 Å². The largest absolute Gasteiger partial charge is 0.497 e. The minimum absolute atomic E-state index is 0.0292. The molecule has 2 aromatic rings. The number of piperidine rings is 1. The van der Waals surface area contributed by atoms with E-state index in [9.17, 15) is 18.8 Å². The second kappa shape index (κ2) is 11.1. The van der Waals surface area contributed by atoms with E-state index in [0.29, 0.717) is 56.0 Å². The van der Waals surface area contributed by atoms with Crippen molar-refractivity contribution in [2.24, 2.45) is 0 Å². The van der Waals surface area contributed by atoms with Crippen LogP contribution >= 0.6 is 0 Å². The number of amides is 3. The van der Waals surface area contributed by atoms with Crippen LogP contribution in [0.3, 0.4) is 0 Å². The number of carbonyl (C=O) groups is 3. The van der Waals surface area contributed by atoms with E-state index in [1.54, 1.807) is 34.1 Å². The van der Waals surface area contributed by atoms with E-state index in [2.05, 4.69) is 5.32 Å². The van der Waals surface area contributed by atoms with Gasteiger partial charge in [-0.2, -0.15) is 0 Å². The molecule has 202 valence electrons. The van der Waals surface area contributed by atoms with E-state index >= 15 is 0 Å². The summed E-state index contributed by atoms with van der Waals surface area (Å²) in [4.78, 5) is 43.4. The third-order valence-electron chi connectivity index (χ3n) is 7.55. The van der Waals surface area contributed by atoms with Crippen LogP contribution in [0.25, 0.3) is 0 Å². The number of hydrogen-bond acceptors (Lipinski definition) is 6. The number of likely N-dealkylation sites (tertiary alicyclic amines) is 1. The smallest absolute Gasteiger partial charge is 0.257 e. The number of carbonyl (C=O) groups excluding carboxylic acids is 3. The molecule has 2 aromatic carbocycles. The van der Waals surface area contributed by atoms with Crippen molar-refractivity contribution in [1.82, 2.24) is 15.1 Å². The number of nitrogens with zero attached hydrogens (tertiary/aromatic N) is 2. The van der Waals surface area contributed by atoms with Crippen LogP contribution in [0.5, 0.6) is 5.75 Å². The molecule has 0 bridgehead atoms. The van der Waals surface area contributed by atoms with Crippen molar-refractivity contribution >= 4 is 17.7 Å². The highest BCUT2D eigenvalue weighted by molar-refractivity contribution is 5.99. The predicted molar refractivity (Wildman–Crippen MR) is 135 cm³/mol. The lowest BCUT2D eigenvalue weighted by Crippen LogP contribution is -2.60. The molecule has 3 saturated heterocycles. The van der Waals surface area contributed by atoms with E-state index < -0.39 is 17.6 Å². The molecule has 1 N–H and O–H groups in total. The van der Waals surface area contributed by atoms with Gasteiger partial charge in [0, 0.05) is 50.2 Å². The lowest BCUT2D eigenvalue weighted by Gasteiger charge is -2.44. The average Bonchev–Trinajstić information content (AvgIpc) is 3.60. The van der Waals surface area contributed by atoms with Gasteiger partial charge in [-0.05, 0) is 55.3 Å². The number of nitrogens with one attached hydrogen (secondary N) is 1. The molecule has 3 fully saturated rings. The van der Waals surface area contributed by atoms with Gasteiger partial charge in [0.15, 0.2) is 0 Å². The molecule has 3 aliphatic rings. The monoisotopic (exact) mass is 525 g/mol. The summed E-state index contributed by atoms with van der Waals surface area (Å²) in [6, 6.07) is 11.4. The number of rotatable bonds is 6. The van der Waals surface area contributed by atoms with E-state index in [1.165, 1.54) is 31.4 Å². The van der Waals surface area contributed by atoms with E-state index in [-0.39, 0.29) is 30.4 Å². The minimum atomic E-state index is -1.04. The zero-order valence-electron chi connectivity index (χ0n) is 21.4. The molecule has 0 aliphatic carbocycles. The molecule has 9 nitrogen and oxygen atoms in total. The Labute approximate surface area is 220 Å². The van der Waals surface area contributed by atoms with Crippen LogP contribution in [0.4, 0.5) is 4.39 Å². The van der Waals surface area contributed by atoms with Crippen molar-refractivity contribution in [2.45, 2.75) is 43.6 Å². The molecule has 3 heterocycles. The van der Waals surface area contributed by atoms with Crippen molar-refractivity contribution in [2.75, 3.05) is 40.0 Å². The topological polar surface area (TPSA) is 97.4 Å². The zero-order valence-corrected chi connectivity index (χ0v) is 21.4. The molecule has 38 heavy (non-hydrogen) atoms. The maximum Gasteiger partial charge on any atom is 0.257 e. The van der Waals surface area contributed by atoms with Gasteiger partial charge >= 0.3 is 0 Å². The Kier molecular flexibility index (Phi) is 7.62. The molecule has 2 atom stereocenters. The summed E-state index contributed by atoms with van der Waals surface area (Å²) in [7, 11) is 1.53. The van der Waals surface area contributed by atoms with E-state index in [0.717, 1.165) is 12.8 Å². The van der Waals surface area contributed by atoms with Gasteiger partial charge in [0.1, 0.15) is 23.3 Å². The quantitative estimate of drug-likeness (QED) is 0.623. The van der Waals surface area contributed by atoms with E-state index in [4.69, 9.17) is 14.2 Å². The first-order valence-corrected chi connectivity index (χ1v) is 13.0. The number of benzene rings is 2. The minimum Gasteiger partial charge on any atom is -0.497 e. The number of hydrogen-bond donors (Lipinski definition) is 1. The maximum absolute atomic E-state index is 13.9. The van der Waals surface area contributed by atoms with Crippen molar-refractivity contribution < 1.29 is 33.0 Å². The van der Waals surface area contributed by atoms with Crippen LogP contribution in [-0.2, 0) is 14.3 Å². The summed E-state index contributed by atoms with van der Waals surface area (Å²) < 4.78 is 30.5. The summed E-state index contributed by atoms with van der Waals surface area (Å²) in [5, 5.41) is 2.94. The van der Waals surface area contributed by atoms with Crippen LogP contribution in [0, 0.1) is 5.82 Å². The lowest BCUT2D eigenvalue weighted by atomic mass is 9.96. The average molecular weight is 526 g/mol. The third-order valence-corrected chi connectivity index (χ3v) is 7.55. The highest BCUT2D eigenvalue weighted by atomic mass is 19.1. The number of ether oxygens (including phenoxy) is 3. The summed E-state index contributed by atoms with van der Waals surface area (Å²) >= 11 is 0. The molecule has 0 saturated carbocycles. The van der Waals surface area contributed by atoms with E-state index in [1.807, 2.05) is 0 Å². The van der Waals surface area contributed by atoms with Crippen molar-refractivity contribution in [3.63, 3.8) is 0 Å². The van der Waals surface area contributed by atoms with Gasteiger partial charge in [0.05, 0.1) is 19.8 Å². The number of halogens is 1. The van der Waals surface area contributed by atoms with Gasteiger partial charge in [-0.3, -0.25) is 19.3 Å². The van der Waals surface area contributed by atoms with Crippen LogP contribution in [0.2, 0.25) is 0 Å². The fourth-order valence-electron chi connectivity index (χ4n) is 5.43. The second-order valence-electron chi connectivity index (χ2n) is 9.86. The Hall–Kier alpha value is -3.50. The molecule has 0 aromatic heterocycles. The fourth-order valence-corrected chi connectivity index (χ4v) is 5.43. The van der Waals surface area contributed by atoms with Crippen LogP contribution in [0.1, 0.15) is 46.4 Å². The highest BCUT2D eigenvalue weighted by Crippen LogP contribution is 2.39. The number of methoxy groups -OCH3 is 1. The first-order chi connectivity index (χ1) is 18.4. The fraction of sp³-hybridized carbons (Fsp3) is 0.464. The molecular formula is C28H32FN3O6. The van der Waals surface area contributed by atoms with Gasteiger partial charge in [-0.1, -0.05) is 6.07 Å². The Morgan fingerprint density at radius 2 is 1.84 bits per heavy atom. The first kappa shape index (κ1) is 26.1. The summed E-state index contributed by atoms with van der Waals surface area (Å²) in [5.41, 5.74) is -0.257. The summed E-state index contributed by atoms with van der Waals surface area (Å²) in [6.07, 6.45) is 2.49. The second-order valence-corrected chi connectivity index (χ2v) is 9.86. The Morgan fingerprint density at radius 3 is 2.53 bits per heavy atom. The van der Waals surface area contributed by atoms with Gasteiger partial charge in [-0.15, -0.1) is 0 Å². The SMILES string of the molecule is COc1cccc(C(=O)N2[C@@H](C(=O)NC[C@H]3CCCO3)COC23CCN(C(=O)c2ccc(F)cc2)CC3)c1. The van der Waals surface area contributed by atoms with Crippen molar-refractivity contribution in [3.8, 4) is 5.75 Å². The molecule has 3 amide bonds. The van der Waals surface area contributed by atoms with Gasteiger partial charge < -0.3 is 24.4 Å². The van der Waals surface area contributed by atoms with Gasteiger partial charge in [-0.25, -0.2) is 4.39 Å². The van der Waals surface area contributed by atoms with Gasteiger partial charge in [0.25, 0.3) is 11.8 Å². The molecule has 10 heteroatoms. The Bertz CT molecular complexity index is 1180. The first-order valence-electron chi connectivity index (χ1n) is 13.0. The van der Waals surface area contributed by atoms with Gasteiger partial charge in [0.2, 0.25) is 5.91 Å². The van der Waals surface area contributed by atoms with Crippen LogP contribution in [-0.4, -0.2) is 85.3 Å². The molecular weight excluding hydrogens is 493 g/mol. The van der Waals surface area contributed by atoms with Crippen molar-refractivity contribution in [1.29, 1.82) is 0 Å². The molecule has 0 unspecified atom stereocenters. The summed E-state index contributed by atoms with van der Waals surface area (Å²) in [6.45, 7) is 1.76. The highest BCUT2D eigenvalue weighted by Gasteiger charge is 2.54. The Morgan fingerprint density at radius 1 is 1.08 bits per heavy atom. The normalized spacial score (nSPS) is 22.5.